The molecular formula is C44H73N5O11. The number of carboxylic acids is 1. The van der Waals surface area contributed by atoms with Gasteiger partial charge in [-0.25, -0.2) is 0 Å². The summed E-state index contributed by atoms with van der Waals surface area (Å²) in [5.74, 6) is -2.90. The normalized spacial score (nSPS) is 17.4. The van der Waals surface area contributed by atoms with Crippen LogP contribution in [-0.4, -0.2) is 161 Å². The van der Waals surface area contributed by atoms with Gasteiger partial charge in [0, 0.05) is 70.4 Å². The number of carbonyl (C=O) groups is 6. The summed E-state index contributed by atoms with van der Waals surface area (Å²) in [7, 11) is 0. The van der Waals surface area contributed by atoms with Gasteiger partial charge in [0.15, 0.2) is 0 Å². The Kier molecular flexibility index (Phi) is 20.1. The number of amides is 1. The molecule has 1 fully saturated rings. The van der Waals surface area contributed by atoms with Gasteiger partial charge >= 0.3 is 29.8 Å². The molecule has 340 valence electrons. The van der Waals surface area contributed by atoms with Crippen LogP contribution in [0.2, 0.25) is 0 Å². The molecular weight excluding hydrogens is 775 g/mol. The number of hydrogen-bond acceptors (Lipinski definition) is 14. The van der Waals surface area contributed by atoms with Crippen LogP contribution in [0.15, 0.2) is 24.3 Å². The Labute approximate surface area is 357 Å². The van der Waals surface area contributed by atoms with Crippen LogP contribution >= 0.6 is 0 Å². The lowest BCUT2D eigenvalue weighted by Gasteiger charge is -2.39. The number of nitrogens with one attached hydrogen (secondary N) is 1. The molecule has 1 aromatic carbocycles. The highest BCUT2D eigenvalue weighted by atomic mass is 16.6. The van der Waals surface area contributed by atoms with Gasteiger partial charge < -0.3 is 29.4 Å². The SMILES string of the molecule is CC(C)(C)OC(=O)CN1CCN(CC(=O)OC(C)(C)C)CCN(CC(=O)OC(C)(C)C)[C@@H](Cc2ccc(NC(=O)CCCC(=O)O)cc2)CN(CC(=O)OC(C)(C)C)CC1. The lowest BCUT2D eigenvalue weighted by Crippen LogP contribution is -2.54. The molecule has 0 saturated carbocycles. The molecule has 1 heterocycles. The third-order valence-electron chi connectivity index (χ3n) is 8.73. The minimum atomic E-state index is -0.960. The minimum Gasteiger partial charge on any atom is -0.481 e. The van der Waals surface area contributed by atoms with Crippen LogP contribution in [-0.2, 0) is 54.1 Å². The smallest absolute Gasteiger partial charge is 0.320 e. The summed E-state index contributed by atoms with van der Waals surface area (Å²) in [5, 5.41) is 11.7. The van der Waals surface area contributed by atoms with Crippen molar-refractivity contribution in [3.05, 3.63) is 29.8 Å². The van der Waals surface area contributed by atoms with Crippen molar-refractivity contribution in [1.29, 1.82) is 0 Å². The van der Waals surface area contributed by atoms with Gasteiger partial charge in [0.1, 0.15) is 22.4 Å². The molecule has 0 radical (unpaired) electrons. The average molecular weight is 848 g/mol. The Morgan fingerprint density at radius 2 is 0.950 bits per heavy atom. The largest absolute Gasteiger partial charge is 0.481 e. The van der Waals surface area contributed by atoms with Crippen LogP contribution in [0.5, 0.6) is 0 Å². The van der Waals surface area contributed by atoms with Crippen LogP contribution in [0.1, 0.15) is 108 Å². The maximum absolute atomic E-state index is 13.6. The molecule has 1 aliphatic heterocycles. The molecule has 2 rings (SSSR count). The minimum absolute atomic E-state index is 0.00549. The number of hydrogen-bond donors (Lipinski definition) is 2. The summed E-state index contributed by atoms with van der Waals surface area (Å²) in [5.41, 5.74) is -1.41. The molecule has 0 aromatic heterocycles. The monoisotopic (exact) mass is 848 g/mol. The van der Waals surface area contributed by atoms with E-state index in [4.69, 9.17) is 24.1 Å². The van der Waals surface area contributed by atoms with E-state index in [1.807, 2.05) is 73.3 Å². The third kappa shape index (κ3) is 24.2. The summed E-state index contributed by atoms with van der Waals surface area (Å²) in [6.45, 7) is 24.1. The van der Waals surface area contributed by atoms with Crippen LogP contribution < -0.4 is 5.32 Å². The maximum atomic E-state index is 13.6. The first-order valence-electron chi connectivity index (χ1n) is 20.9. The number of carboxylic acid groups (broad SMARTS) is 1. The van der Waals surface area contributed by atoms with Gasteiger partial charge in [-0.2, -0.15) is 0 Å². The first-order valence-corrected chi connectivity index (χ1v) is 20.9. The molecule has 0 spiro atoms. The van der Waals surface area contributed by atoms with E-state index in [-0.39, 0.29) is 57.4 Å². The summed E-state index contributed by atoms with van der Waals surface area (Å²) < 4.78 is 22.9. The highest BCUT2D eigenvalue weighted by Crippen LogP contribution is 2.19. The first-order chi connectivity index (χ1) is 27.5. The number of esters is 4. The second-order valence-corrected chi connectivity index (χ2v) is 19.5. The Morgan fingerprint density at radius 1 is 0.567 bits per heavy atom. The highest BCUT2D eigenvalue weighted by molar-refractivity contribution is 5.90. The molecule has 0 unspecified atom stereocenters. The fourth-order valence-corrected chi connectivity index (χ4v) is 6.44. The number of ether oxygens (including phenoxy) is 4. The zero-order chi connectivity index (χ0) is 45.5. The van der Waals surface area contributed by atoms with Crippen LogP contribution in [0.25, 0.3) is 0 Å². The van der Waals surface area contributed by atoms with Crippen molar-refractivity contribution >= 4 is 41.4 Å². The van der Waals surface area contributed by atoms with Crippen molar-refractivity contribution in [3.8, 4) is 0 Å². The molecule has 0 bridgehead atoms. The van der Waals surface area contributed by atoms with Crippen molar-refractivity contribution in [2.75, 3.05) is 77.3 Å². The molecule has 2 N–H and O–H groups in total. The topological polar surface area (TPSA) is 185 Å². The highest BCUT2D eigenvalue weighted by Gasteiger charge is 2.31. The molecule has 1 saturated heterocycles. The second kappa shape index (κ2) is 23.2. The second-order valence-electron chi connectivity index (χ2n) is 19.5. The van der Waals surface area contributed by atoms with Gasteiger partial charge in [0.2, 0.25) is 5.91 Å². The van der Waals surface area contributed by atoms with Gasteiger partial charge in [-0.3, -0.25) is 48.4 Å². The van der Waals surface area contributed by atoms with E-state index >= 15 is 0 Å². The van der Waals surface area contributed by atoms with Crippen molar-refractivity contribution in [3.63, 3.8) is 0 Å². The van der Waals surface area contributed by atoms with Gasteiger partial charge in [0.25, 0.3) is 0 Å². The molecule has 1 amide bonds. The Morgan fingerprint density at radius 3 is 1.37 bits per heavy atom. The van der Waals surface area contributed by atoms with Gasteiger partial charge in [-0.05, 0) is 114 Å². The van der Waals surface area contributed by atoms with Gasteiger partial charge in [-0.15, -0.1) is 0 Å². The number of carbonyl (C=O) groups excluding carboxylic acids is 5. The van der Waals surface area contributed by atoms with Gasteiger partial charge in [-0.1, -0.05) is 12.1 Å². The first kappa shape index (κ1) is 52.0. The van der Waals surface area contributed by atoms with E-state index in [1.54, 1.807) is 53.7 Å². The number of aliphatic carboxylic acids is 1. The Hall–Kier alpha value is -4.12. The quantitative estimate of drug-likeness (QED) is 0.187. The van der Waals surface area contributed by atoms with Crippen molar-refractivity contribution in [2.45, 2.75) is 137 Å². The fourth-order valence-electron chi connectivity index (χ4n) is 6.44. The van der Waals surface area contributed by atoms with Crippen molar-refractivity contribution in [2.24, 2.45) is 0 Å². The van der Waals surface area contributed by atoms with E-state index in [0.717, 1.165) is 5.56 Å². The van der Waals surface area contributed by atoms with E-state index in [1.165, 1.54) is 0 Å². The van der Waals surface area contributed by atoms with Crippen LogP contribution in [0.3, 0.4) is 0 Å². The molecule has 1 atom stereocenters. The maximum Gasteiger partial charge on any atom is 0.320 e. The number of nitrogens with zero attached hydrogens (tertiary/aromatic N) is 4. The summed E-state index contributed by atoms with van der Waals surface area (Å²) in [6.07, 6.45) is 0.624. The van der Waals surface area contributed by atoms with Crippen molar-refractivity contribution in [1.82, 2.24) is 19.6 Å². The summed E-state index contributed by atoms with van der Waals surface area (Å²) >= 11 is 0. The van der Waals surface area contributed by atoms with E-state index < -0.39 is 52.3 Å². The molecule has 1 aromatic rings. The lowest BCUT2D eigenvalue weighted by atomic mass is 10.0. The van der Waals surface area contributed by atoms with E-state index in [2.05, 4.69) is 5.32 Å². The molecule has 0 aliphatic carbocycles. The zero-order valence-corrected chi connectivity index (χ0v) is 38.3. The molecule has 16 heteroatoms. The summed E-state index contributed by atoms with van der Waals surface area (Å²) in [6, 6.07) is 6.92. The third-order valence-corrected chi connectivity index (χ3v) is 8.73. The van der Waals surface area contributed by atoms with Crippen LogP contribution in [0.4, 0.5) is 5.69 Å². The molecule has 60 heavy (non-hydrogen) atoms. The van der Waals surface area contributed by atoms with E-state index in [9.17, 15) is 28.8 Å². The molecule has 1 aliphatic rings. The number of anilines is 1. The van der Waals surface area contributed by atoms with Crippen LogP contribution in [0, 0.1) is 0 Å². The average Bonchev–Trinajstić information content (AvgIpc) is 3.03. The molecule has 16 nitrogen and oxygen atoms in total. The predicted molar refractivity (Wildman–Crippen MR) is 228 cm³/mol. The zero-order valence-electron chi connectivity index (χ0n) is 38.3. The Bertz CT molecular complexity index is 1570. The summed E-state index contributed by atoms with van der Waals surface area (Å²) in [4.78, 5) is 84.7. The number of rotatable bonds is 15. The standard InChI is InChI=1S/C44H73N5O11/c1-41(2,3)57-37(53)28-46-20-21-47(29-38(54)58-42(4,5)6)24-25-49(31-40(56)60-44(10,11)12)34(27-48(23-22-46)30-39(55)59-43(7,8)9)26-32-16-18-33(19-17-32)45-35(50)14-13-15-36(51)52/h16-19,34H,13-15,20-31H2,1-12H3,(H,45,50)(H,51,52)/t34-/m0/s1. The number of benzene rings is 1. The predicted octanol–water partition coefficient (Wildman–Crippen LogP) is 4.38. The Balaban J connectivity index is 2.61. The fraction of sp³-hybridized carbons (Fsp3) is 0.727. The lowest BCUT2D eigenvalue weighted by molar-refractivity contribution is -0.160. The van der Waals surface area contributed by atoms with Crippen molar-refractivity contribution < 1.29 is 52.8 Å². The van der Waals surface area contributed by atoms with Gasteiger partial charge in [0.05, 0.1) is 26.2 Å². The van der Waals surface area contributed by atoms with E-state index in [0.29, 0.717) is 57.9 Å².